The lowest BCUT2D eigenvalue weighted by Gasteiger charge is -2.01. The van der Waals surface area contributed by atoms with Gasteiger partial charge < -0.3 is 5.11 Å². The molecule has 1 aliphatic rings. The van der Waals surface area contributed by atoms with Crippen LogP contribution in [0.25, 0.3) is 0 Å². The first-order valence-corrected chi connectivity index (χ1v) is 3.43. The second kappa shape index (κ2) is 3.50. The first-order valence-electron chi connectivity index (χ1n) is 3.43. The van der Waals surface area contributed by atoms with Gasteiger partial charge in [0.15, 0.2) is 5.78 Å². The molecule has 0 aromatic carbocycles. The van der Waals surface area contributed by atoms with Crippen LogP contribution in [0.15, 0.2) is 35.5 Å². The summed E-state index contributed by atoms with van der Waals surface area (Å²) in [5, 5.41) is 17.0. The highest BCUT2D eigenvalue weighted by atomic mass is 16.4. The number of carboxylic acid groups (broad SMARTS) is 1. The zero-order valence-electron chi connectivity index (χ0n) is 6.52. The molecule has 0 radical (unpaired) electrons. The zero-order chi connectivity index (χ0) is 9.84. The van der Waals surface area contributed by atoms with E-state index in [-0.39, 0.29) is 5.57 Å². The Hall–Kier alpha value is -2.15. The topological polar surface area (TPSA) is 78.2 Å². The van der Waals surface area contributed by atoms with Crippen LogP contribution in [0.4, 0.5) is 0 Å². The van der Waals surface area contributed by atoms with Crippen LogP contribution < -0.4 is 0 Å². The predicted octanol–water partition coefficient (Wildman–Crippen LogP) is 0.586. The summed E-state index contributed by atoms with van der Waals surface area (Å²) >= 11 is 0. The average Bonchev–Trinajstić information content (AvgIpc) is 2.09. The Labute approximate surface area is 74.1 Å². The maximum absolute atomic E-state index is 11.1. The molecule has 13 heavy (non-hydrogen) atoms. The van der Waals surface area contributed by atoms with Crippen LogP contribution in [-0.4, -0.2) is 16.9 Å². The molecule has 0 atom stereocenters. The van der Waals surface area contributed by atoms with Crippen molar-refractivity contribution in [2.24, 2.45) is 0 Å². The molecule has 1 aliphatic carbocycles. The summed E-state index contributed by atoms with van der Waals surface area (Å²) in [5.74, 6) is -1.84. The number of rotatable bonds is 1. The lowest BCUT2D eigenvalue weighted by atomic mass is 10.0. The molecule has 0 saturated heterocycles. The van der Waals surface area contributed by atoms with Gasteiger partial charge in [-0.2, -0.15) is 5.26 Å². The Morgan fingerprint density at radius 2 is 2.00 bits per heavy atom. The monoisotopic (exact) mass is 175 g/mol. The largest absolute Gasteiger partial charge is 0.477 e. The van der Waals surface area contributed by atoms with E-state index in [4.69, 9.17) is 10.4 Å². The number of carbonyl (C=O) groups is 2. The maximum atomic E-state index is 11.1. The second-order valence-corrected chi connectivity index (χ2v) is 2.29. The summed E-state index contributed by atoms with van der Waals surface area (Å²) in [4.78, 5) is 21.6. The van der Waals surface area contributed by atoms with Crippen molar-refractivity contribution in [3.63, 3.8) is 0 Å². The third-order valence-corrected chi connectivity index (χ3v) is 1.48. The molecule has 0 aromatic rings. The van der Waals surface area contributed by atoms with Gasteiger partial charge in [-0.05, 0) is 12.2 Å². The van der Waals surface area contributed by atoms with Crippen LogP contribution in [0, 0.1) is 11.3 Å². The second-order valence-electron chi connectivity index (χ2n) is 2.29. The molecule has 0 aliphatic heterocycles. The van der Waals surface area contributed by atoms with Crippen molar-refractivity contribution in [2.45, 2.75) is 0 Å². The van der Waals surface area contributed by atoms with Gasteiger partial charge >= 0.3 is 5.97 Å². The highest BCUT2D eigenvalue weighted by Gasteiger charge is 2.17. The SMILES string of the molecule is N#C/C(C(=O)O)=C1/C=CC=CC1=O. The summed E-state index contributed by atoms with van der Waals surface area (Å²) in [6, 6.07) is 1.48. The van der Waals surface area contributed by atoms with E-state index in [1.54, 1.807) is 0 Å². The molecule has 64 valence electrons. The van der Waals surface area contributed by atoms with E-state index >= 15 is 0 Å². The molecule has 4 nitrogen and oxygen atoms in total. The lowest BCUT2D eigenvalue weighted by molar-refractivity contribution is -0.132. The normalized spacial score (nSPS) is 18.2. The number of allylic oxidation sites excluding steroid dienone is 5. The molecule has 0 bridgehead atoms. The van der Waals surface area contributed by atoms with Crippen molar-refractivity contribution in [3.8, 4) is 6.07 Å². The summed E-state index contributed by atoms with van der Waals surface area (Å²) in [7, 11) is 0. The van der Waals surface area contributed by atoms with Gasteiger partial charge in [-0.3, -0.25) is 4.79 Å². The number of ketones is 1. The van der Waals surface area contributed by atoms with E-state index in [2.05, 4.69) is 0 Å². The number of aliphatic carboxylic acids is 1. The summed E-state index contributed by atoms with van der Waals surface area (Å²) in [6.07, 6.45) is 5.53. The lowest BCUT2D eigenvalue weighted by Crippen LogP contribution is -2.08. The fraction of sp³-hybridized carbons (Fsp3) is 0. The molecule has 0 amide bonds. The van der Waals surface area contributed by atoms with Gasteiger partial charge in [0.2, 0.25) is 0 Å². The van der Waals surface area contributed by atoms with Crippen molar-refractivity contribution in [2.75, 3.05) is 0 Å². The van der Waals surface area contributed by atoms with Gasteiger partial charge in [0.1, 0.15) is 11.6 Å². The van der Waals surface area contributed by atoms with Crippen LogP contribution in [-0.2, 0) is 9.59 Å². The number of hydrogen-bond donors (Lipinski definition) is 1. The minimum Gasteiger partial charge on any atom is -0.477 e. The van der Waals surface area contributed by atoms with Crippen molar-refractivity contribution >= 4 is 11.8 Å². The highest BCUT2D eigenvalue weighted by Crippen LogP contribution is 2.11. The Balaban J connectivity index is 3.25. The third-order valence-electron chi connectivity index (χ3n) is 1.48. The van der Waals surface area contributed by atoms with E-state index in [1.807, 2.05) is 0 Å². The Morgan fingerprint density at radius 1 is 1.38 bits per heavy atom. The third kappa shape index (κ3) is 1.71. The van der Waals surface area contributed by atoms with E-state index < -0.39 is 17.3 Å². The van der Waals surface area contributed by atoms with Crippen LogP contribution in [0.5, 0.6) is 0 Å². The van der Waals surface area contributed by atoms with Crippen molar-refractivity contribution in [1.82, 2.24) is 0 Å². The molecule has 1 rings (SSSR count). The molecule has 4 heteroatoms. The smallest absolute Gasteiger partial charge is 0.347 e. The molecule has 0 fully saturated rings. The van der Waals surface area contributed by atoms with E-state index in [9.17, 15) is 9.59 Å². The first kappa shape index (κ1) is 8.94. The summed E-state index contributed by atoms with van der Waals surface area (Å²) in [6.45, 7) is 0. The molecule has 0 saturated carbocycles. The Morgan fingerprint density at radius 3 is 2.46 bits per heavy atom. The van der Waals surface area contributed by atoms with Crippen LogP contribution in [0.2, 0.25) is 0 Å². The van der Waals surface area contributed by atoms with Crippen LogP contribution >= 0.6 is 0 Å². The minimum atomic E-state index is -1.38. The minimum absolute atomic E-state index is 0.0718. The average molecular weight is 175 g/mol. The molecule has 0 aromatic heterocycles. The summed E-state index contributed by atoms with van der Waals surface area (Å²) < 4.78 is 0. The molecular formula is C9H5NO3. The molecule has 1 N–H and O–H groups in total. The van der Waals surface area contributed by atoms with Gasteiger partial charge in [0.25, 0.3) is 0 Å². The number of carboxylic acids is 1. The van der Waals surface area contributed by atoms with Crippen molar-refractivity contribution < 1.29 is 14.7 Å². The molecule has 0 heterocycles. The maximum Gasteiger partial charge on any atom is 0.347 e. The zero-order valence-corrected chi connectivity index (χ0v) is 6.52. The number of carbonyl (C=O) groups excluding carboxylic acids is 1. The van der Waals surface area contributed by atoms with Gasteiger partial charge in [-0.15, -0.1) is 0 Å². The van der Waals surface area contributed by atoms with Gasteiger partial charge in [-0.25, -0.2) is 4.79 Å². The highest BCUT2D eigenvalue weighted by molar-refractivity contribution is 6.13. The van der Waals surface area contributed by atoms with Crippen molar-refractivity contribution in [3.05, 3.63) is 35.5 Å². The Kier molecular flexibility index (Phi) is 2.41. The standard InChI is InChI=1S/C9H5NO3/c10-5-7(9(12)13)6-3-1-2-4-8(6)11/h1-4H,(H,12,13)/b7-6+. The van der Waals surface area contributed by atoms with E-state index in [0.29, 0.717) is 0 Å². The van der Waals surface area contributed by atoms with Gasteiger partial charge in [0, 0.05) is 5.57 Å². The number of nitriles is 1. The molecular weight excluding hydrogens is 170 g/mol. The van der Waals surface area contributed by atoms with Gasteiger partial charge in [0.05, 0.1) is 0 Å². The van der Waals surface area contributed by atoms with Crippen molar-refractivity contribution in [1.29, 1.82) is 5.26 Å². The van der Waals surface area contributed by atoms with Gasteiger partial charge in [-0.1, -0.05) is 12.2 Å². The molecule has 0 spiro atoms. The fourth-order valence-corrected chi connectivity index (χ4v) is 0.896. The van der Waals surface area contributed by atoms with E-state index in [1.165, 1.54) is 30.4 Å². The fourth-order valence-electron chi connectivity index (χ4n) is 0.896. The summed E-state index contributed by atoms with van der Waals surface area (Å²) in [5.41, 5.74) is -0.594. The molecule has 0 unspecified atom stereocenters. The number of nitrogens with zero attached hydrogens (tertiary/aromatic N) is 1. The Bertz CT molecular complexity index is 394. The van der Waals surface area contributed by atoms with E-state index in [0.717, 1.165) is 0 Å². The van der Waals surface area contributed by atoms with Crippen LogP contribution in [0.3, 0.4) is 0 Å². The quantitative estimate of drug-likeness (QED) is 0.467. The number of hydrogen-bond acceptors (Lipinski definition) is 3. The predicted molar refractivity (Wildman–Crippen MR) is 43.6 cm³/mol. The first-order chi connectivity index (χ1) is 6.16. The van der Waals surface area contributed by atoms with Crippen LogP contribution in [0.1, 0.15) is 0 Å².